The smallest absolute Gasteiger partial charge is 0.289 e. The van der Waals surface area contributed by atoms with Crippen LogP contribution in [0.1, 0.15) is 11.6 Å². The van der Waals surface area contributed by atoms with Crippen molar-refractivity contribution < 1.29 is 13.3 Å². The Bertz CT molecular complexity index is 896. The Hall–Kier alpha value is -2.49. The van der Waals surface area contributed by atoms with E-state index in [-0.39, 0.29) is 17.5 Å². The SMILES string of the molecule is CN(C)c1ccc([C@@H](CNS(=O)(=O)c2ccccc2[N+](=O)[O-])N(C)C)cc1. The van der Waals surface area contributed by atoms with Gasteiger partial charge in [0, 0.05) is 38.4 Å². The quantitative estimate of drug-likeness (QED) is 0.547. The third-order valence-corrected chi connectivity index (χ3v) is 5.71. The number of hydrogen-bond acceptors (Lipinski definition) is 6. The Balaban J connectivity index is 2.24. The van der Waals surface area contributed by atoms with Crippen molar-refractivity contribution in [2.75, 3.05) is 39.6 Å². The third-order valence-electron chi connectivity index (χ3n) is 4.24. The summed E-state index contributed by atoms with van der Waals surface area (Å²) < 4.78 is 27.7. The molecule has 1 N–H and O–H groups in total. The predicted molar refractivity (Wildman–Crippen MR) is 105 cm³/mol. The molecule has 0 heterocycles. The number of hydrogen-bond donors (Lipinski definition) is 1. The van der Waals surface area contributed by atoms with Crippen molar-refractivity contribution in [1.82, 2.24) is 9.62 Å². The highest BCUT2D eigenvalue weighted by Crippen LogP contribution is 2.25. The topological polar surface area (TPSA) is 95.8 Å². The minimum Gasteiger partial charge on any atom is -0.378 e. The Morgan fingerprint density at radius 1 is 1.04 bits per heavy atom. The maximum atomic E-state index is 12.6. The molecule has 0 saturated heterocycles. The number of rotatable bonds is 8. The molecule has 1 atom stereocenters. The van der Waals surface area contributed by atoms with Gasteiger partial charge in [0.1, 0.15) is 0 Å². The number of anilines is 1. The van der Waals surface area contributed by atoms with E-state index in [4.69, 9.17) is 0 Å². The Morgan fingerprint density at radius 2 is 1.63 bits per heavy atom. The van der Waals surface area contributed by atoms with Crippen LogP contribution < -0.4 is 9.62 Å². The summed E-state index contributed by atoms with van der Waals surface area (Å²) >= 11 is 0. The van der Waals surface area contributed by atoms with E-state index >= 15 is 0 Å². The van der Waals surface area contributed by atoms with Crippen LogP contribution in [0.2, 0.25) is 0 Å². The van der Waals surface area contributed by atoms with E-state index < -0.39 is 20.6 Å². The molecule has 2 rings (SSSR count). The second-order valence-corrected chi connectivity index (χ2v) is 8.28. The van der Waals surface area contributed by atoms with Gasteiger partial charge in [0.15, 0.2) is 4.90 Å². The van der Waals surface area contributed by atoms with Crippen LogP contribution >= 0.6 is 0 Å². The fourth-order valence-electron chi connectivity index (χ4n) is 2.69. The third kappa shape index (κ3) is 5.03. The second-order valence-electron chi connectivity index (χ2n) is 6.54. The molecule has 0 saturated carbocycles. The molecule has 27 heavy (non-hydrogen) atoms. The number of para-hydroxylation sites is 1. The van der Waals surface area contributed by atoms with Crippen molar-refractivity contribution in [3.63, 3.8) is 0 Å². The second kappa shape index (κ2) is 8.47. The molecular formula is C18H24N4O4S. The zero-order valence-corrected chi connectivity index (χ0v) is 16.6. The Labute approximate surface area is 159 Å². The van der Waals surface area contributed by atoms with Gasteiger partial charge in [0.05, 0.1) is 4.92 Å². The van der Waals surface area contributed by atoms with E-state index in [9.17, 15) is 18.5 Å². The fourth-order valence-corrected chi connectivity index (χ4v) is 3.90. The number of likely N-dealkylation sites (N-methyl/N-ethyl adjacent to an activating group) is 1. The van der Waals surface area contributed by atoms with Crippen molar-refractivity contribution >= 4 is 21.4 Å². The van der Waals surface area contributed by atoms with Gasteiger partial charge in [-0.05, 0) is 37.9 Å². The number of nitrogens with zero attached hydrogens (tertiary/aromatic N) is 3. The molecule has 0 spiro atoms. The number of benzene rings is 2. The summed E-state index contributed by atoms with van der Waals surface area (Å²) in [5.41, 5.74) is 1.54. The average Bonchev–Trinajstić information content (AvgIpc) is 2.62. The summed E-state index contributed by atoms with van der Waals surface area (Å²) in [5, 5.41) is 11.1. The molecule has 0 fully saturated rings. The molecule has 0 radical (unpaired) electrons. The standard InChI is InChI=1S/C18H24N4O4S/c1-20(2)15-11-9-14(10-12-15)17(21(3)4)13-19-27(25,26)18-8-6-5-7-16(18)22(23)24/h5-12,17,19H,13H2,1-4H3/t17-/m1/s1. The minimum atomic E-state index is -4.02. The molecule has 0 bridgehead atoms. The van der Waals surface area contributed by atoms with E-state index in [2.05, 4.69) is 4.72 Å². The van der Waals surface area contributed by atoms with Gasteiger partial charge in [-0.25, -0.2) is 13.1 Å². The van der Waals surface area contributed by atoms with Gasteiger partial charge in [-0.15, -0.1) is 0 Å². The maximum absolute atomic E-state index is 12.6. The monoisotopic (exact) mass is 392 g/mol. The molecule has 0 aliphatic rings. The Morgan fingerprint density at radius 3 is 2.15 bits per heavy atom. The lowest BCUT2D eigenvalue weighted by molar-refractivity contribution is -0.387. The number of sulfonamides is 1. The van der Waals surface area contributed by atoms with Crippen LogP contribution in [0.25, 0.3) is 0 Å². The van der Waals surface area contributed by atoms with Gasteiger partial charge in [0.25, 0.3) is 5.69 Å². The predicted octanol–water partition coefficient (Wildman–Crippen LogP) is 2.24. The van der Waals surface area contributed by atoms with Crippen LogP contribution in [-0.4, -0.2) is 53.0 Å². The fraction of sp³-hybridized carbons (Fsp3) is 0.333. The largest absolute Gasteiger partial charge is 0.378 e. The number of nitro groups is 1. The summed E-state index contributed by atoms with van der Waals surface area (Å²) in [5.74, 6) is 0. The highest BCUT2D eigenvalue weighted by molar-refractivity contribution is 7.89. The molecule has 0 amide bonds. The van der Waals surface area contributed by atoms with Crippen LogP contribution in [0.3, 0.4) is 0 Å². The summed E-state index contributed by atoms with van der Waals surface area (Å²) in [4.78, 5) is 14.0. The van der Waals surface area contributed by atoms with Gasteiger partial charge in [-0.1, -0.05) is 24.3 Å². The number of nitrogens with one attached hydrogen (secondary N) is 1. The molecule has 146 valence electrons. The minimum absolute atomic E-state index is 0.0860. The summed E-state index contributed by atoms with van der Waals surface area (Å²) in [6, 6.07) is 12.9. The molecule has 9 heteroatoms. The first-order valence-corrected chi connectivity index (χ1v) is 9.78. The van der Waals surface area contributed by atoms with Crippen molar-refractivity contribution in [3.05, 3.63) is 64.2 Å². The van der Waals surface area contributed by atoms with Gasteiger partial charge in [0.2, 0.25) is 10.0 Å². The molecule has 2 aromatic rings. The number of nitro benzene ring substituents is 1. The molecule has 2 aromatic carbocycles. The lowest BCUT2D eigenvalue weighted by Crippen LogP contribution is -2.34. The molecular weight excluding hydrogens is 368 g/mol. The van der Waals surface area contributed by atoms with Crippen LogP contribution in [0.15, 0.2) is 53.4 Å². The van der Waals surface area contributed by atoms with Crippen molar-refractivity contribution in [2.24, 2.45) is 0 Å². The first-order valence-electron chi connectivity index (χ1n) is 8.30. The molecule has 0 unspecified atom stereocenters. The van der Waals surface area contributed by atoms with E-state index in [1.165, 1.54) is 24.3 Å². The van der Waals surface area contributed by atoms with E-state index in [1.807, 2.05) is 62.3 Å². The first-order chi connectivity index (χ1) is 12.6. The maximum Gasteiger partial charge on any atom is 0.289 e. The molecule has 0 aromatic heterocycles. The van der Waals surface area contributed by atoms with Gasteiger partial charge in [-0.2, -0.15) is 0 Å². The van der Waals surface area contributed by atoms with Crippen LogP contribution in [0, 0.1) is 10.1 Å². The normalized spacial score (nSPS) is 12.8. The van der Waals surface area contributed by atoms with Gasteiger partial charge < -0.3 is 9.80 Å². The zero-order valence-electron chi connectivity index (χ0n) is 15.8. The molecule has 0 aliphatic heterocycles. The Kier molecular flexibility index (Phi) is 6.53. The van der Waals surface area contributed by atoms with Gasteiger partial charge >= 0.3 is 0 Å². The van der Waals surface area contributed by atoms with Crippen LogP contribution in [-0.2, 0) is 10.0 Å². The van der Waals surface area contributed by atoms with E-state index in [1.54, 1.807) is 0 Å². The zero-order chi connectivity index (χ0) is 20.2. The highest BCUT2D eigenvalue weighted by Gasteiger charge is 2.26. The van der Waals surface area contributed by atoms with Gasteiger partial charge in [-0.3, -0.25) is 10.1 Å². The summed E-state index contributed by atoms with van der Waals surface area (Å²) in [6.07, 6.45) is 0. The van der Waals surface area contributed by atoms with E-state index in [0.717, 1.165) is 11.3 Å². The lowest BCUT2D eigenvalue weighted by atomic mass is 10.1. The average molecular weight is 392 g/mol. The lowest BCUT2D eigenvalue weighted by Gasteiger charge is -2.25. The summed E-state index contributed by atoms with van der Waals surface area (Å²) in [6.45, 7) is 0.0860. The highest BCUT2D eigenvalue weighted by atomic mass is 32.2. The van der Waals surface area contributed by atoms with Crippen molar-refractivity contribution in [3.8, 4) is 0 Å². The molecule has 0 aliphatic carbocycles. The van der Waals surface area contributed by atoms with Crippen molar-refractivity contribution in [2.45, 2.75) is 10.9 Å². The van der Waals surface area contributed by atoms with Crippen LogP contribution in [0.4, 0.5) is 11.4 Å². The van der Waals surface area contributed by atoms with Crippen molar-refractivity contribution in [1.29, 1.82) is 0 Å². The van der Waals surface area contributed by atoms with Crippen LogP contribution in [0.5, 0.6) is 0 Å². The summed E-state index contributed by atoms with van der Waals surface area (Å²) in [7, 11) is 3.57. The first kappa shape index (κ1) is 20.8. The van der Waals surface area contributed by atoms with E-state index in [0.29, 0.717) is 0 Å². The molecule has 8 nitrogen and oxygen atoms in total.